The van der Waals surface area contributed by atoms with Gasteiger partial charge in [-0.1, -0.05) is 12.1 Å². The minimum Gasteiger partial charge on any atom is -0.598 e. The topological polar surface area (TPSA) is 55.3 Å². The average molecular weight is 337 g/mol. The fourth-order valence-corrected chi connectivity index (χ4v) is 2.81. The molecule has 3 nitrogen and oxygen atoms in total. The average Bonchev–Trinajstić information content (AvgIpc) is 2.37. The van der Waals surface area contributed by atoms with Crippen molar-refractivity contribution in [1.29, 1.82) is 0 Å². The molecule has 0 radical (unpaired) electrons. The molecule has 0 bridgehead atoms. The largest absolute Gasteiger partial charge is 0.598 e. The highest BCUT2D eigenvalue weighted by atomic mass is 32.2. The van der Waals surface area contributed by atoms with E-state index in [-0.39, 0.29) is 13.0 Å². The maximum absolute atomic E-state index is 12.9. The van der Waals surface area contributed by atoms with Crippen molar-refractivity contribution in [3.8, 4) is 0 Å². The summed E-state index contributed by atoms with van der Waals surface area (Å²) in [6.45, 7) is 6.70. The summed E-state index contributed by atoms with van der Waals surface area (Å²) >= 11 is -1.48. The van der Waals surface area contributed by atoms with E-state index in [1.807, 2.05) is 0 Å². The smallest absolute Gasteiger partial charge is 0.416 e. The molecule has 0 amide bonds. The van der Waals surface area contributed by atoms with Crippen LogP contribution in [0.2, 0.25) is 0 Å². The van der Waals surface area contributed by atoms with E-state index in [2.05, 4.69) is 4.72 Å². The Morgan fingerprint density at radius 3 is 2.14 bits per heavy atom. The van der Waals surface area contributed by atoms with Gasteiger partial charge in [-0.15, -0.1) is 4.72 Å². The quantitative estimate of drug-likeness (QED) is 0.810. The molecular weight excluding hydrogens is 315 g/mol. The summed E-state index contributed by atoms with van der Waals surface area (Å²) in [6.07, 6.45) is -4.30. The number of aliphatic hydroxyl groups excluding tert-OH is 1. The van der Waals surface area contributed by atoms with Gasteiger partial charge in [0.2, 0.25) is 0 Å². The second-order valence-electron chi connectivity index (χ2n) is 6.37. The number of benzene rings is 1. The molecular formula is C15H22F3NO2S. The van der Waals surface area contributed by atoms with E-state index in [1.54, 1.807) is 27.7 Å². The van der Waals surface area contributed by atoms with Crippen LogP contribution in [0.3, 0.4) is 0 Å². The summed E-state index contributed by atoms with van der Waals surface area (Å²) in [5, 5.41) is 9.25. The summed E-state index contributed by atoms with van der Waals surface area (Å²) in [6, 6.07) is 4.87. The fourth-order valence-electron chi connectivity index (χ4n) is 1.87. The van der Waals surface area contributed by atoms with E-state index in [0.29, 0.717) is 5.56 Å². The lowest BCUT2D eigenvalue weighted by atomic mass is 9.89. The van der Waals surface area contributed by atoms with E-state index < -0.39 is 33.4 Å². The number of aliphatic hydroxyl groups is 1. The molecule has 1 aromatic carbocycles. The third-order valence-electron chi connectivity index (χ3n) is 3.31. The van der Waals surface area contributed by atoms with Crippen LogP contribution in [0.1, 0.15) is 45.2 Å². The van der Waals surface area contributed by atoms with Crippen molar-refractivity contribution in [2.75, 3.05) is 6.61 Å². The third-order valence-corrected chi connectivity index (χ3v) is 5.06. The lowest BCUT2D eigenvalue weighted by Crippen LogP contribution is -2.50. The highest BCUT2D eigenvalue weighted by Crippen LogP contribution is 2.34. The predicted octanol–water partition coefficient (Wildman–Crippen LogP) is 3.35. The minimum absolute atomic E-state index is 0.149. The third kappa shape index (κ3) is 4.87. The van der Waals surface area contributed by atoms with Gasteiger partial charge in [0.05, 0.1) is 11.1 Å². The molecule has 0 aromatic heterocycles. The van der Waals surface area contributed by atoms with E-state index >= 15 is 0 Å². The Kier molecular flexibility index (Phi) is 5.94. The van der Waals surface area contributed by atoms with Gasteiger partial charge in [-0.25, -0.2) is 0 Å². The molecule has 0 heterocycles. The first-order valence-electron chi connectivity index (χ1n) is 6.88. The van der Waals surface area contributed by atoms with Crippen molar-refractivity contribution in [3.05, 3.63) is 35.4 Å². The van der Waals surface area contributed by atoms with Crippen LogP contribution in [-0.2, 0) is 23.1 Å². The summed E-state index contributed by atoms with van der Waals surface area (Å²) in [7, 11) is 0. The van der Waals surface area contributed by atoms with Gasteiger partial charge < -0.3 is 9.66 Å². The first-order chi connectivity index (χ1) is 9.90. The number of alkyl halides is 3. The van der Waals surface area contributed by atoms with Crippen LogP contribution in [0.25, 0.3) is 0 Å². The van der Waals surface area contributed by atoms with Gasteiger partial charge in [-0.05, 0) is 51.8 Å². The molecule has 0 fully saturated rings. The van der Waals surface area contributed by atoms with Crippen molar-refractivity contribution in [3.63, 3.8) is 0 Å². The molecule has 0 saturated carbocycles. The Balaban J connectivity index is 3.19. The van der Waals surface area contributed by atoms with Gasteiger partial charge in [0.1, 0.15) is 4.75 Å². The normalized spacial score (nSPS) is 17.1. The maximum Gasteiger partial charge on any atom is 0.416 e. The van der Waals surface area contributed by atoms with E-state index in [4.69, 9.17) is 0 Å². The van der Waals surface area contributed by atoms with Crippen molar-refractivity contribution in [2.24, 2.45) is 0 Å². The summed E-state index contributed by atoms with van der Waals surface area (Å²) in [5.41, 5.74) is -1.44. The second kappa shape index (κ2) is 6.78. The van der Waals surface area contributed by atoms with Crippen LogP contribution in [-0.4, -0.2) is 21.0 Å². The Morgan fingerprint density at radius 1 is 1.14 bits per heavy atom. The molecule has 0 aliphatic carbocycles. The molecule has 126 valence electrons. The van der Waals surface area contributed by atoms with Crippen molar-refractivity contribution >= 4 is 11.4 Å². The number of hydrogen-bond acceptors (Lipinski definition) is 3. The second-order valence-corrected chi connectivity index (χ2v) is 8.33. The van der Waals surface area contributed by atoms with Gasteiger partial charge in [0, 0.05) is 18.0 Å². The summed E-state index contributed by atoms with van der Waals surface area (Å²) < 4.78 is 53.2. The number of rotatable bonds is 5. The molecule has 2 N–H and O–H groups in total. The van der Waals surface area contributed by atoms with Crippen molar-refractivity contribution in [1.82, 2.24) is 4.72 Å². The lowest BCUT2D eigenvalue weighted by molar-refractivity contribution is -0.137. The SMILES string of the molecule is CC(CCO)(N[S+]([O-])C(C)(C)C)c1cccc(C(F)(F)F)c1. The van der Waals surface area contributed by atoms with E-state index in [1.165, 1.54) is 12.1 Å². The first-order valence-corrected chi connectivity index (χ1v) is 8.03. The van der Waals surface area contributed by atoms with Gasteiger partial charge in [-0.3, -0.25) is 0 Å². The molecule has 1 aromatic rings. The first kappa shape index (κ1) is 19.3. The zero-order valence-electron chi connectivity index (χ0n) is 13.1. The van der Waals surface area contributed by atoms with Crippen LogP contribution in [0.4, 0.5) is 13.2 Å². The molecule has 2 unspecified atom stereocenters. The van der Waals surface area contributed by atoms with Crippen LogP contribution in [0.15, 0.2) is 24.3 Å². The molecule has 0 aliphatic rings. The zero-order chi connectivity index (χ0) is 17.2. The predicted molar refractivity (Wildman–Crippen MR) is 81.5 cm³/mol. The molecule has 7 heteroatoms. The van der Waals surface area contributed by atoms with Crippen LogP contribution < -0.4 is 4.72 Å². The Morgan fingerprint density at radius 2 is 1.68 bits per heavy atom. The molecule has 0 aliphatic heterocycles. The van der Waals surface area contributed by atoms with Gasteiger partial charge in [-0.2, -0.15) is 13.2 Å². The number of hydrogen-bond donors (Lipinski definition) is 2. The van der Waals surface area contributed by atoms with Gasteiger partial charge in [0.25, 0.3) is 0 Å². The summed E-state index contributed by atoms with van der Waals surface area (Å²) in [4.78, 5) is 0. The highest BCUT2D eigenvalue weighted by molar-refractivity contribution is 7.90. The zero-order valence-corrected chi connectivity index (χ0v) is 13.9. The molecule has 2 atom stereocenters. The molecule has 0 saturated heterocycles. The fraction of sp³-hybridized carbons (Fsp3) is 0.600. The van der Waals surface area contributed by atoms with E-state index in [9.17, 15) is 22.8 Å². The number of nitrogens with one attached hydrogen (secondary N) is 1. The van der Waals surface area contributed by atoms with Gasteiger partial charge in [0.15, 0.2) is 0 Å². The molecule has 1 rings (SSSR count). The molecule has 22 heavy (non-hydrogen) atoms. The Bertz CT molecular complexity index is 502. The van der Waals surface area contributed by atoms with E-state index in [0.717, 1.165) is 12.1 Å². The molecule has 0 spiro atoms. The van der Waals surface area contributed by atoms with Crippen LogP contribution in [0.5, 0.6) is 0 Å². The standard InChI is InChI=1S/C15H22F3NO2S/c1-13(2,3)22(21)19-14(4,8-9-20)11-6-5-7-12(10-11)15(16,17)18/h5-7,10,19-20H,8-9H2,1-4H3. The minimum atomic E-state index is -4.45. The number of halogens is 3. The highest BCUT2D eigenvalue weighted by Gasteiger charge is 2.38. The maximum atomic E-state index is 12.9. The monoisotopic (exact) mass is 337 g/mol. The van der Waals surface area contributed by atoms with Crippen molar-refractivity contribution < 1.29 is 22.8 Å². The Hall–Kier alpha value is -0.760. The van der Waals surface area contributed by atoms with Gasteiger partial charge >= 0.3 is 6.18 Å². The van der Waals surface area contributed by atoms with Crippen molar-refractivity contribution in [2.45, 2.75) is 50.6 Å². The van der Waals surface area contributed by atoms with Crippen LogP contribution in [0, 0.1) is 0 Å². The van der Waals surface area contributed by atoms with Crippen LogP contribution >= 0.6 is 0 Å². The lowest BCUT2D eigenvalue weighted by Gasteiger charge is -2.35. The Labute approximate surface area is 132 Å². The summed E-state index contributed by atoms with van der Waals surface area (Å²) in [5.74, 6) is 0.